The first-order valence-electron chi connectivity index (χ1n) is 3.65. The normalized spacial score (nSPS) is 9.14. The molecule has 0 aliphatic carbocycles. The molecular weight excluding hydrogens is 188 g/mol. The summed E-state index contributed by atoms with van der Waals surface area (Å²) >= 11 is 0. The molecule has 0 radical (unpaired) electrons. The predicted octanol–water partition coefficient (Wildman–Crippen LogP) is 0.234. The van der Waals surface area contributed by atoms with Crippen LogP contribution in [-0.4, -0.2) is 23.0 Å². The Morgan fingerprint density at radius 2 is 1.29 bits per heavy atom. The molecule has 2 amide bonds. The minimum absolute atomic E-state index is 0.0638. The van der Waals surface area contributed by atoms with Gasteiger partial charge in [0.2, 0.25) is 12.8 Å². The number of phenols is 2. The van der Waals surface area contributed by atoms with Crippen LogP contribution in [0.15, 0.2) is 12.1 Å². The molecule has 0 heterocycles. The summed E-state index contributed by atoms with van der Waals surface area (Å²) in [6.45, 7) is 0. The molecule has 0 aromatic heterocycles. The molecule has 74 valence electrons. The molecule has 0 aliphatic rings. The topological polar surface area (TPSA) is 98.7 Å². The zero-order valence-electron chi connectivity index (χ0n) is 7.02. The van der Waals surface area contributed by atoms with E-state index in [-0.39, 0.29) is 22.9 Å². The van der Waals surface area contributed by atoms with Crippen molar-refractivity contribution in [2.24, 2.45) is 0 Å². The lowest BCUT2D eigenvalue weighted by molar-refractivity contribution is -0.106. The van der Waals surface area contributed by atoms with E-state index in [4.69, 9.17) is 0 Å². The van der Waals surface area contributed by atoms with Gasteiger partial charge in [-0.1, -0.05) is 0 Å². The number of anilines is 2. The van der Waals surface area contributed by atoms with Gasteiger partial charge in [-0.05, 0) is 0 Å². The lowest BCUT2D eigenvalue weighted by Crippen LogP contribution is -1.97. The average molecular weight is 196 g/mol. The highest BCUT2D eigenvalue weighted by atomic mass is 16.3. The quantitative estimate of drug-likeness (QED) is 0.315. The highest BCUT2D eigenvalue weighted by molar-refractivity contribution is 5.83. The lowest BCUT2D eigenvalue weighted by Gasteiger charge is -2.07. The molecule has 0 aliphatic heterocycles. The van der Waals surface area contributed by atoms with E-state index in [2.05, 4.69) is 10.6 Å². The SMILES string of the molecule is O=CNc1cc(O)c(NC=O)cc1O. The number of hydrogen-bond acceptors (Lipinski definition) is 4. The Bertz CT molecular complexity index is 329. The summed E-state index contributed by atoms with van der Waals surface area (Å²) < 4.78 is 0. The second kappa shape index (κ2) is 4.13. The molecule has 0 bridgehead atoms. The fourth-order valence-electron chi connectivity index (χ4n) is 0.935. The first kappa shape index (κ1) is 9.85. The summed E-state index contributed by atoms with van der Waals surface area (Å²) in [5.74, 6) is -0.501. The molecule has 0 unspecified atom stereocenters. The number of amides is 2. The zero-order chi connectivity index (χ0) is 10.6. The number of carbonyl (C=O) groups excluding carboxylic acids is 2. The van der Waals surface area contributed by atoms with Crippen LogP contribution in [0, 0.1) is 0 Å². The van der Waals surface area contributed by atoms with E-state index >= 15 is 0 Å². The average Bonchev–Trinajstić information content (AvgIpc) is 2.14. The first-order valence-corrected chi connectivity index (χ1v) is 3.65. The zero-order valence-corrected chi connectivity index (χ0v) is 7.02. The van der Waals surface area contributed by atoms with Crippen molar-refractivity contribution >= 4 is 24.2 Å². The van der Waals surface area contributed by atoms with Crippen LogP contribution >= 0.6 is 0 Å². The highest BCUT2D eigenvalue weighted by Gasteiger charge is 2.07. The van der Waals surface area contributed by atoms with Crippen molar-refractivity contribution in [3.8, 4) is 11.5 Å². The van der Waals surface area contributed by atoms with Crippen molar-refractivity contribution in [2.45, 2.75) is 0 Å². The lowest BCUT2D eigenvalue weighted by atomic mass is 10.2. The van der Waals surface area contributed by atoms with E-state index in [1.54, 1.807) is 0 Å². The number of aromatic hydroxyl groups is 2. The number of hydrogen-bond donors (Lipinski definition) is 4. The Morgan fingerprint density at radius 1 is 0.929 bits per heavy atom. The monoisotopic (exact) mass is 196 g/mol. The minimum atomic E-state index is -0.251. The highest BCUT2D eigenvalue weighted by Crippen LogP contribution is 2.34. The van der Waals surface area contributed by atoms with Crippen LogP contribution in [0.2, 0.25) is 0 Å². The molecule has 14 heavy (non-hydrogen) atoms. The number of rotatable bonds is 4. The van der Waals surface area contributed by atoms with Crippen LogP contribution in [-0.2, 0) is 9.59 Å². The predicted molar refractivity (Wildman–Crippen MR) is 49.1 cm³/mol. The van der Waals surface area contributed by atoms with Crippen molar-refractivity contribution in [3.63, 3.8) is 0 Å². The molecular formula is C8H8N2O4. The van der Waals surface area contributed by atoms with E-state index < -0.39 is 0 Å². The van der Waals surface area contributed by atoms with Crippen molar-refractivity contribution in [3.05, 3.63) is 12.1 Å². The minimum Gasteiger partial charge on any atom is -0.506 e. The Hall–Kier alpha value is -2.24. The van der Waals surface area contributed by atoms with Gasteiger partial charge in [0.25, 0.3) is 0 Å². The molecule has 1 rings (SSSR count). The van der Waals surface area contributed by atoms with E-state index in [1.165, 1.54) is 0 Å². The summed E-state index contributed by atoms with van der Waals surface area (Å²) in [7, 11) is 0. The van der Waals surface area contributed by atoms with E-state index in [0.29, 0.717) is 12.8 Å². The first-order chi connectivity index (χ1) is 6.69. The van der Waals surface area contributed by atoms with Crippen LogP contribution in [0.5, 0.6) is 11.5 Å². The number of nitrogens with one attached hydrogen (secondary N) is 2. The number of carbonyl (C=O) groups is 2. The largest absolute Gasteiger partial charge is 0.506 e. The van der Waals surface area contributed by atoms with Gasteiger partial charge in [-0.25, -0.2) is 0 Å². The van der Waals surface area contributed by atoms with Crippen LogP contribution < -0.4 is 10.6 Å². The van der Waals surface area contributed by atoms with Gasteiger partial charge >= 0.3 is 0 Å². The van der Waals surface area contributed by atoms with Crippen LogP contribution in [0.25, 0.3) is 0 Å². The molecule has 1 aromatic rings. The third-order valence-corrected chi connectivity index (χ3v) is 1.54. The van der Waals surface area contributed by atoms with Crippen molar-refractivity contribution in [2.75, 3.05) is 10.6 Å². The van der Waals surface area contributed by atoms with Gasteiger partial charge in [0.1, 0.15) is 11.5 Å². The summed E-state index contributed by atoms with van der Waals surface area (Å²) in [4.78, 5) is 20.1. The van der Waals surface area contributed by atoms with Crippen LogP contribution in [0.3, 0.4) is 0 Å². The van der Waals surface area contributed by atoms with Crippen LogP contribution in [0.4, 0.5) is 11.4 Å². The number of benzene rings is 1. The van der Waals surface area contributed by atoms with Gasteiger partial charge in [-0.15, -0.1) is 0 Å². The molecule has 0 atom stereocenters. The molecule has 0 saturated carbocycles. The van der Waals surface area contributed by atoms with Crippen LogP contribution in [0.1, 0.15) is 0 Å². The maximum Gasteiger partial charge on any atom is 0.211 e. The Labute approximate surface area is 79.2 Å². The number of phenolic OH excluding ortho intramolecular Hbond substituents is 2. The van der Waals surface area contributed by atoms with Gasteiger partial charge in [0.05, 0.1) is 11.4 Å². The Morgan fingerprint density at radius 3 is 1.57 bits per heavy atom. The summed E-state index contributed by atoms with van der Waals surface area (Å²) in [5.41, 5.74) is 0.128. The Balaban J connectivity index is 3.09. The molecule has 6 heteroatoms. The van der Waals surface area contributed by atoms with Crippen molar-refractivity contribution in [1.82, 2.24) is 0 Å². The second-order valence-electron chi connectivity index (χ2n) is 2.41. The molecule has 4 N–H and O–H groups in total. The molecule has 6 nitrogen and oxygen atoms in total. The third kappa shape index (κ3) is 1.92. The molecule has 0 spiro atoms. The molecule has 1 aromatic carbocycles. The Kier molecular flexibility index (Phi) is 2.90. The molecule has 0 fully saturated rings. The summed E-state index contributed by atoms with van der Waals surface area (Å²) in [6, 6.07) is 2.24. The van der Waals surface area contributed by atoms with Gasteiger partial charge in [-0.2, -0.15) is 0 Å². The fourth-order valence-corrected chi connectivity index (χ4v) is 0.935. The van der Waals surface area contributed by atoms with Crippen molar-refractivity contribution in [1.29, 1.82) is 0 Å². The third-order valence-electron chi connectivity index (χ3n) is 1.54. The maximum atomic E-state index is 10.1. The van der Waals surface area contributed by atoms with Gasteiger partial charge in [0, 0.05) is 12.1 Å². The van der Waals surface area contributed by atoms with Gasteiger partial charge in [-0.3, -0.25) is 9.59 Å². The van der Waals surface area contributed by atoms with Gasteiger partial charge < -0.3 is 20.8 Å². The summed E-state index contributed by atoms with van der Waals surface area (Å²) in [5, 5.41) is 22.9. The van der Waals surface area contributed by atoms with E-state index in [0.717, 1.165) is 12.1 Å². The fraction of sp³-hybridized carbons (Fsp3) is 0. The smallest absolute Gasteiger partial charge is 0.211 e. The van der Waals surface area contributed by atoms with Gasteiger partial charge in [0.15, 0.2) is 0 Å². The van der Waals surface area contributed by atoms with E-state index in [1.807, 2.05) is 0 Å². The van der Waals surface area contributed by atoms with E-state index in [9.17, 15) is 19.8 Å². The van der Waals surface area contributed by atoms with Crippen molar-refractivity contribution < 1.29 is 19.8 Å². The second-order valence-corrected chi connectivity index (χ2v) is 2.41. The molecule has 0 saturated heterocycles. The summed E-state index contributed by atoms with van der Waals surface area (Å²) in [6.07, 6.45) is 0.725. The standard InChI is InChI=1S/C8H8N2O4/c11-3-9-5-1-7(13)6(10-4-12)2-8(5)14/h1-4,13-14H,(H,9,11)(H,10,12). The maximum absolute atomic E-state index is 10.1.